The summed E-state index contributed by atoms with van der Waals surface area (Å²) in [4.78, 5) is 1.41. The fourth-order valence-corrected chi connectivity index (χ4v) is 3.57. The zero-order chi connectivity index (χ0) is 10.8. The first-order chi connectivity index (χ1) is 7.19. The highest BCUT2D eigenvalue weighted by Crippen LogP contribution is 2.39. The first-order valence-electron chi connectivity index (χ1n) is 5.31. The van der Waals surface area contributed by atoms with Crippen LogP contribution < -0.4 is 5.32 Å². The number of nitrogens with one attached hydrogen (secondary N) is 1. The van der Waals surface area contributed by atoms with Crippen LogP contribution in [0.4, 0.5) is 0 Å². The van der Waals surface area contributed by atoms with Crippen molar-refractivity contribution in [1.29, 1.82) is 0 Å². The molecule has 0 radical (unpaired) electrons. The van der Waals surface area contributed by atoms with Gasteiger partial charge in [-0.25, -0.2) is 0 Å². The first kappa shape index (κ1) is 11.3. The molecule has 0 aromatic heterocycles. The number of benzene rings is 1. The van der Waals surface area contributed by atoms with Gasteiger partial charge in [-0.3, -0.25) is 0 Å². The molecule has 0 spiro atoms. The Morgan fingerprint density at radius 1 is 1.60 bits per heavy atom. The topological polar surface area (TPSA) is 12.0 Å². The molecular weight excluding hydrogens is 226 g/mol. The van der Waals surface area contributed by atoms with E-state index in [4.69, 9.17) is 11.6 Å². The zero-order valence-corrected chi connectivity index (χ0v) is 10.7. The van der Waals surface area contributed by atoms with Crippen LogP contribution in [0.1, 0.15) is 18.9 Å². The summed E-state index contributed by atoms with van der Waals surface area (Å²) < 4.78 is 0. The molecule has 1 aliphatic rings. The average molecular weight is 242 g/mol. The maximum atomic E-state index is 5.98. The summed E-state index contributed by atoms with van der Waals surface area (Å²) in [7, 11) is 2.02. The molecule has 1 heterocycles. The summed E-state index contributed by atoms with van der Waals surface area (Å²) in [6.45, 7) is 2.23. The molecule has 15 heavy (non-hydrogen) atoms. The van der Waals surface area contributed by atoms with Crippen molar-refractivity contribution in [3.05, 3.63) is 28.8 Å². The fourth-order valence-electron chi connectivity index (χ4n) is 1.93. The van der Waals surface area contributed by atoms with Gasteiger partial charge in [0.2, 0.25) is 0 Å². The van der Waals surface area contributed by atoms with E-state index >= 15 is 0 Å². The Bertz CT molecular complexity index is 353. The van der Waals surface area contributed by atoms with Gasteiger partial charge in [0.05, 0.1) is 0 Å². The molecule has 1 N–H and O–H groups in total. The minimum Gasteiger partial charge on any atom is -0.317 e. The van der Waals surface area contributed by atoms with Gasteiger partial charge in [-0.2, -0.15) is 0 Å². The number of thioether (sulfide) groups is 1. The van der Waals surface area contributed by atoms with Crippen LogP contribution in [0, 0.1) is 0 Å². The highest BCUT2D eigenvalue weighted by atomic mass is 35.5. The molecule has 1 nitrogen and oxygen atoms in total. The van der Waals surface area contributed by atoms with Crippen molar-refractivity contribution < 1.29 is 0 Å². The second-order valence-electron chi connectivity index (χ2n) is 4.12. The van der Waals surface area contributed by atoms with Crippen LogP contribution in [0.3, 0.4) is 0 Å². The van der Waals surface area contributed by atoms with E-state index in [9.17, 15) is 0 Å². The van der Waals surface area contributed by atoms with Gasteiger partial charge in [0, 0.05) is 21.2 Å². The Morgan fingerprint density at radius 2 is 2.40 bits per heavy atom. The van der Waals surface area contributed by atoms with Gasteiger partial charge in [0.25, 0.3) is 0 Å². The number of fused-ring (bicyclic) bond motifs is 1. The molecule has 0 saturated heterocycles. The second kappa shape index (κ2) is 4.77. The van der Waals surface area contributed by atoms with Crippen molar-refractivity contribution in [3.63, 3.8) is 0 Å². The summed E-state index contributed by atoms with van der Waals surface area (Å²) in [5, 5.41) is 4.86. The van der Waals surface area contributed by atoms with Crippen molar-refractivity contribution in [2.24, 2.45) is 0 Å². The Kier molecular flexibility index (Phi) is 3.60. The van der Waals surface area contributed by atoms with E-state index in [1.165, 1.54) is 16.9 Å². The van der Waals surface area contributed by atoms with Gasteiger partial charge in [-0.05, 0) is 50.6 Å². The predicted octanol–water partition coefficient (Wildman–Crippen LogP) is 3.35. The Balaban J connectivity index is 2.03. The maximum Gasteiger partial charge on any atom is 0.0409 e. The number of halogens is 1. The predicted molar refractivity (Wildman–Crippen MR) is 67.9 cm³/mol. The minimum absolute atomic E-state index is 0.590. The van der Waals surface area contributed by atoms with Crippen LogP contribution in [0.5, 0.6) is 0 Å². The standard InChI is InChI=1S/C12H16ClNS/c1-8(14-2)5-11-7-9-6-10(13)3-4-12(9)15-11/h3-4,6,8,11,14H,5,7H2,1-2H3. The fraction of sp³-hybridized carbons (Fsp3) is 0.500. The van der Waals surface area contributed by atoms with Crippen LogP contribution in [-0.2, 0) is 6.42 Å². The van der Waals surface area contributed by atoms with Gasteiger partial charge >= 0.3 is 0 Å². The second-order valence-corrected chi connectivity index (χ2v) is 5.90. The molecule has 2 rings (SSSR count). The van der Waals surface area contributed by atoms with Crippen LogP contribution in [-0.4, -0.2) is 18.3 Å². The number of hydrogen-bond acceptors (Lipinski definition) is 2. The molecule has 2 atom stereocenters. The third kappa shape index (κ3) is 2.68. The maximum absolute atomic E-state index is 5.98. The lowest BCUT2D eigenvalue weighted by molar-refractivity contribution is 0.553. The van der Waals surface area contributed by atoms with Crippen molar-refractivity contribution in [1.82, 2.24) is 5.32 Å². The summed E-state index contributed by atoms with van der Waals surface area (Å²) in [6, 6.07) is 6.82. The van der Waals surface area contributed by atoms with Crippen molar-refractivity contribution in [2.45, 2.75) is 36.0 Å². The summed E-state index contributed by atoms with van der Waals surface area (Å²) >= 11 is 7.97. The zero-order valence-electron chi connectivity index (χ0n) is 9.09. The highest BCUT2D eigenvalue weighted by Gasteiger charge is 2.23. The smallest absolute Gasteiger partial charge is 0.0409 e. The molecule has 1 aliphatic heterocycles. The van der Waals surface area contributed by atoms with E-state index in [0.29, 0.717) is 11.3 Å². The summed E-state index contributed by atoms with van der Waals surface area (Å²) in [6.07, 6.45) is 2.38. The lowest BCUT2D eigenvalue weighted by Gasteiger charge is -2.14. The molecule has 1 aromatic carbocycles. The Morgan fingerprint density at radius 3 is 3.13 bits per heavy atom. The van der Waals surface area contributed by atoms with Crippen LogP contribution >= 0.6 is 23.4 Å². The van der Waals surface area contributed by atoms with Crippen molar-refractivity contribution >= 4 is 23.4 Å². The molecular formula is C12H16ClNS. The lowest BCUT2D eigenvalue weighted by Crippen LogP contribution is -2.25. The number of rotatable bonds is 3. The van der Waals surface area contributed by atoms with E-state index in [0.717, 1.165) is 11.4 Å². The molecule has 3 heteroatoms. The Labute approximate surface area is 101 Å². The number of hydrogen-bond donors (Lipinski definition) is 1. The van der Waals surface area contributed by atoms with Gasteiger partial charge in [-0.1, -0.05) is 11.6 Å². The van der Waals surface area contributed by atoms with Crippen LogP contribution in [0.25, 0.3) is 0 Å². The summed E-state index contributed by atoms with van der Waals surface area (Å²) in [5.41, 5.74) is 1.42. The molecule has 1 aromatic rings. The van der Waals surface area contributed by atoms with E-state index in [1.807, 2.05) is 24.9 Å². The van der Waals surface area contributed by atoms with Crippen LogP contribution in [0.15, 0.2) is 23.1 Å². The third-order valence-electron chi connectivity index (χ3n) is 2.87. The molecule has 0 amide bonds. The Hall–Kier alpha value is -0.180. The molecule has 0 bridgehead atoms. The van der Waals surface area contributed by atoms with E-state index < -0.39 is 0 Å². The van der Waals surface area contributed by atoms with Gasteiger partial charge in [0.1, 0.15) is 0 Å². The molecule has 2 unspecified atom stereocenters. The minimum atomic E-state index is 0.590. The molecule has 82 valence electrons. The molecule has 0 aliphatic carbocycles. The largest absolute Gasteiger partial charge is 0.317 e. The highest BCUT2D eigenvalue weighted by molar-refractivity contribution is 8.00. The van der Waals surface area contributed by atoms with Gasteiger partial charge in [-0.15, -0.1) is 11.8 Å². The van der Waals surface area contributed by atoms with Gasteiger partial charge < -0.3 is 5.32 Å². The normalized spacial score (nSPS) is 21.4. The first-order valence-corrected chi connectivity index (χ1v) is 6.57. The van der Waals surface area contributed by atoms with E-state index in [1.54, 1.807) is 0 Å². The molecule has 0 saturated carbocycles. The SMILES string of the molecule is CNC(C)CC1Cc2cc(Cl)ccc2S1. The van der Waals surface area contributed by atoms with Crippen molar-refractivity contribution in [2.75, 3.05) is 7.05 Å². The lowest BCUT2D eigenvalue weighted by atomic mass is 10.1. The van der Waals surface area contributed by atoms with Gasteiger partial charge in [0.15, 0.2) is 0 Å². The van der Waals surface area contributed by atoms with Crippen LogP contribution in [0.2, 0.25) is 5.02 Å². The molecule has 0 fully saturated rings. The summed E-state index contributed by atoms with van der Waals surface area (Å²) in [5.74, 6) is 0. The monoisotopic (exact) mass is 241 g/mol. The average Bonchev–Trinajstić information content (AvgIpc) is 2.59. The van der Waals surface area contributed by atoms with E-state index in [-0.39, 0.29) is 0 Å². The quantitative estimate of drug-likeness (QED) is 0.871. The van der Waals surface area contributed by atoms with E-state index in [2.05, 4.69) is 24.4 Å². The van der Waals surface area contributed by atoms with Crippen molar-refractivity contribution in [3.8, 4) is 0 Å². The third-order valence-corrected chi connectivity index (χ3v) is 4.45.